The molecular formula is C16H17O3P. The molecule has 0 aliphatic carbocycles. The zero-order valence-corrected chi connectivity index (χ0v) is 12.3. The molecular weight excluding hydrogens is 271 g/mol. The van der Waals surface area contributed by atoms with Gasteiger partial charge in [-0.1, -0.05) is 43.3 Å². The Balaban J connectivity index is 2.44. The van der Waals surface area contributed by atoms with Crippen LogP contribution in [-0.4, -0.2) is 5.97 Å². The number of hydrogen-bond acceptors (Lipinski definition) is 3. The first-order valence-corrected chi connectivity index (χ1v) is 8.23. The van der Waals surface area contributed by atoms with Crippen LogP contribution in [0.1, 0.15) is 19.8 Å². The van der Waals surface area contributed by atoms with Crippen LogP contribution in [0.15, 0.2) is 60.7 Å². The third kappa shape index (κ3) is 3.17. The van der Waals surface area contributed by atoms with Crippen molar-refractivity contribution in [1.29, 1.82) is 0 Å². The van der Waals surface area contributed by atoms with Gasteiger partial charge in [-0.15, -0.1) is 0 Å². The van der Waals surface area contributed by atoms with Crippen molar-refractivity contribution < 1.29 is 13.9 Å². The van der Waals surface area contributed by atoms with Gasteiger partial charge in [-0.2, -0.15) is 0 Å². The molecule has 3 nitrogen and oxygen atoms in total. The predicted octanol–water partition coefficient (Wildman–Crippen LogP) is 3.26. The fourth-order valence-electron chi connectivity index (χ4n) is 1.90. The second-order valence-corrected chi connectivity index (χ2v) is 6.75. The van der Waals surface area contributed by atoms with Crippen molar-refractivity contribution in [3.05, 3.63) is 60.7 Å². The topological polar surface area (TPSA) is 43.4 Å². The molecule has 0 N–H and O–H groups in total. The summed E-state index contributed by atoms with van der Waals surface area (Å²) in [4.78, 5) is 11.8. The van der Waals surface area contributed by atoms with E-state index in [-0.39, 0.29) is 6.42 Å². The van der Waals surface area contributed by atoms with E-state index < -0.39 is 13.3 Å². The maximum absolute atomic E-state index is 13.3. The SMILES string of the molecule is CCCC(=O)OP(=O)(c1ccccc1)c1ccccc1. The molecule has 0 amide bonds. The van der Waals surface area contributed by atoms with E-state index in [0.29, 0.717) is 17.0 Å². The number of hydrogen-bond donors (Lipinski definition) is 0. The van der Waals surface area contributed by atoms with E-state index in [4.69, 9.17) is 4.52 Å². The molecule has 0 saturated heterocycles. The summed E-state index contributed by atoms with van der Waals surface area (Å²) >= 11 is 0. The van der Waals surface area contributed by atoms with Crippen molar-refractivity contribution in [2.45, 2.75) is 19.8 Å². The Morgan fingerprint density at radius 2 is 1.40 bits per heavy atom. The molecule has 0 aromatic heterocycles. The minimum Gasteiger partial charge on any atom is -0.405 e. The van der Waals surface area contributed by atoms with Crippen LogP contribution in [0.3, 0.4) is 0 Å². The molecule has 0 saturated carbocycles. The van der Waals surface area contributed by atoms with Gasteiger partial charge in [0, 0.05) is 6.42 Å². The number of carbonyl (C=O) groups is 1. The van der Waals surface area contributed by atoms with Crippen molar-refractivity contribution in [2.75, 3.05) is 0 Å². The highest BCUT2D eigenvalue weighted by molar-refractivity contribution is 7.74. The lowest BCUT2D eigenvalue weighted by Crippen LogP contribution is -2.20. The van der Waals surface area contributed by atoms with Gasteiger partial charge in [0.2, 0.25) is 0 Å². The highest BCUT2D eigenvalue weighted by Crippen LogP contribution is 2.44. The molecule has 2 aromatic carbocycles. The van der Waals surface area contributed by atoms with Crippen LogP contribution in [-0.2, 0) is 13.9 Å². The summed E-state index contributed by atoms with van der Waals surface area (Å²) in [6.45, 7) is 1.89. The van der Waals surface area contributed by atoms with Gasteiger partial charge in [-0.05, 0) is 30.7 Å². The molecule has 0 atom stereocenters. The van der Waals surface area contributed by atoms with Crippen LogP contribution in [0, 0.1) is 0 Å². The molecule has 0 aliphatic heterocycles. The van der Waals surface area contributed by atoms with Crippen molar-refractivity contribution >= 4 is 23.9 Å². The van der Waals surface area contributed by atoms with Gasteiger partial charge >= 0.3 is 13.3 Å². The van der Waals surface area contributed by atoms with Crippen LogP contribution in [0.2, 0.25) is 0 Å². The van der Waals surface area contributed by atoms with E-state index >= 15 is 0 Å². The number of carbonyl (C=O) groups excluding carboxylic acids is 1. The summed E-state index contributed by atoms with van der Waals surface area (Å²) in [5.41, 5.74) is 0. The fraction of sp³-hybridized carbons (Fsp3) is 0.188. The van der Waals surface area contributed by atoms with E-state index in [0.717, 1.165) is 0 Å². The van der Waals surface area contributed by atoms with Crippen molar-refractivity contribution in [3.8, 4) is 0 Å². The van der Waals surface area contributed by atoms with E-state index in [1.165, 1.54) is 0 Å². The smallest absolute Gasteiger partial charge is 0.311 e. The molecule has 2 rings (SSSR count). The first kappa shape index (κ1) is 14.5. The Bertz CT molecular complexity index is 565. The van der Waals surface area contributed by atoms with E-state index in [2.05, 4.69) is 0 Å². The molecule has 0 unspecified atom stereocenters. The van der Waals surface area contributed by atoms with Gasteiger partial charge in [-0.25, -0.2) is 0 Å². The third-order valence-corrected chi connectivity index (χ3v) is 5.29. The molecule has 0 fully saturated rings. The molecule has 0 spiro atoms. The van der Waals surface area contributed by atoms with Gasteiger partial charge in [0.05, 0.1) is 10.6 Å². The van der Waals surface area contributed by atoms with Gasteiger partial charge in [-0.3, -0.25) is 9.36 Å². The van der Waals surface area contributed by atoms with Gasteiger partial charge in [0.15, 0.2) is 0 Å². The Morgan fingerprint density at radius 3 is 1.80 bits per heavy atom. The molecule has 0 radical (unpaired) electrons. The monoisotopic (exact) mass is 288 g/mol. The molecule has 4 heteroatoms. The lowest BCUT2D eigenvalue weighted by Gasteiger charge is -2.19. The van der Waals surface area contributed by atoms with Crippen LogP contribution in [0.5, 0.6) is 0 Å². The number of benzene rings is 2. The van der Waals surface area contributed by atoms with Crippen LogP contribution in [0.4, 0.5) is 0 Å². The average Bonchev–Trinajstić information content (AvgIpc) is 2.49. The third-order valence-electron chi connectivity index (χ3n) is 2.88. The highest BCUT2D eigenvalue weighted by atomic mass is 31.2. The molecule has 0 heterocycles. The highest BCUT2D eigenvalue weighted by Gasteiger charge is 2.31. The standard InChI is InChI=1S/C16H17O3P/c1-2-9-16(17)19-20(18,14-10-5-3-6-11-14)15-12-7-4-8-13-15/h3-8,10-13H,2,9H2,1H3. The van der Waals surface area contributed by atoms with Crippen molar-refractivity contribution in [1.82, 2.24) is 0 Å². The van der Waals surface area contributed by atoms with E-state index in [1.807, 2.05) is 19.1 Å². The van der Waals surface area contributed by atoms with E-state index in [9.17, 15) is 9.36 Å². The summed E-state index contributed by atoms with van der Waals surface area (Å²) < 4.78 is 18.6. The second-order valence-electron chi connectivity index (χ2n) is 4.44. The Labute approximate surface area is 119 Å². The Hall–Kier alpha value is -1.86. The average molecular weight is 288 g/mol. The zero-order chi connectivity index (χ0) is 14.4. The summed E-state index contributed by atoms with van der Waals surface area (Å²) in [6, 6.07) is 17.8. The molecule has 2 aromatic rings. The quantitative estimate of drug-likeness (QED) is 0.793. The first-order valence-electron chi connectivity index (χ1n) is 6.60. The largest absolute Gasteiger partial charge is 0.405 e. The first-order chi connectivity index (χ1) is 9.66. The van der Waals surface area contributed by atoms with Gasteiger partial charge in [0.1, 0.15) is 0 Å². The lowest BCUT2D eigenvalue weighted by atomic mass is 10.3. The second kappa shape index (κ2) is 6.53. The Kier molecular flexibility index (Phi) is 4.75. The maximum atomic E-state index is 13.3. The van der Waals surface area contributed by atoms with Crippen molar-refractivity contribution in [2.24, 2.45) is 0 Å². The maximum Gasteiger partial charge on any atom is 0.311 e. The van der Waals surface area contributed by atoms with Crippen molar-refractivity contribution in [3.63, 3.8) is 0 Å². The number of rotatable bonds is 5. The van der Waals surface area contributed by atoms with Crippen LogP contribution in [0.25, 0.3) is 0 Å². The molecule has 104 valence electrons. The summed E-state index contributed by atoms with van der Waals surface area (Å²) in [5.74, 6) is -0.427. The Morgan fingerprint density at radius 1 is 0.950 bits per heavy atom. The zero-order valence-electron chi connectivity index (χ0n) is 11.4. The summed E-state index contributed by atoms with van der Waals surface area (Å²) in [7, 11) is -3.36. The fourth-order valence-corrected chi connectivity index (χ4v) is 3.91. The van der Waals surface area contributed by atoms with Crippen LogP contribution < -0.4 is 10.6 Å². The summed E-state index contributed by atoms with van der Waals surface area (Å²) in [5, 5.41) is 1.08. The van der Waals surface area contributed by atoms with E-state index in [1.54, 1.807) is 48.5 Å². The lowest BCUT2D eigenvalue weighted by molar-refractivity contribution is -0.133. The van der Waals surface area contributed by atoms with Crippen LogP contribution >= 0.6 is 7.37 Å². The molecule has 0 aliphatic rings. The predicted molar refractivity (Wildman–Crippen MR) is 80.8 cm³/mol. The van der Waals surface area contributed by atoms with Gasteiger partial charge in [0.25, 0.3) is 0 Å². The minimum absolute atomic E-state index is 0.268. The summed E-state index contributed by atoms with van der Waals surface area (Å²) in [6.07, 6.45) is 0.937. The molecule has 20 heavy (non-hydrogen) atoms. The minimum atomic E-state index is -3.36. The normalized spacial score (nSPS) is 11.1. The van der Waals surface area contributed by atoms with Gasteiger partial charge < -0.3 is 4.52 Å². The molecule has 0 bridgehead atoms.